The third kappa shape index (κ3) is 3.07. The van der Waals surface area contributed by atoms with E-state index in [2.05, 4.69) is 0 Å². The Hall–Kier alpha value is -2.18. The lowest BCUT2D eigenvalue weighted by Gasteiger charge is -2.51. The molecule has 1 saturated heterocycles. The molecular weight excluding hydrogens is 338 g/mol. The lowest BCUT2D eigenvalue weighted by atomic mass is 9.80. The van der Waals surface area contributed by atoms with Crippen LogP contribution in [0.1, 0.15) is 25.5 Å². The highest BCUT2D eigenvalue weighted by molar-refractivity contribution is 7.89. The van der Waals surface area contributed by atoms with E-state index in [1.54, 1.807) is 37.3 Å². The third-order valence-electron chi connectivity index (χ3n) is 4.53. The fourth-order valence-electron chi connectivity index (χ4n) is 3.37. The highest BCUT2D eigenvalue weighted by Crippen LogP contribution is 2.47. The van der Waals surface area contributed by atoms with E-state index in [9.17, 15) is 13.2 Å². The largest absolute Gasteiger partial charge is 0.465 e. The van der Waals surface area contributed by atoms with E-state index in [1.165, 1.54) is 4.31 Å². The SMILES string of the molecule is CCOC(=O)[C@H]1[C@H](C)[C@H](c2ccccc2)N1S(=O)(=O)c1ccccc1. The second-order valence-electron chi connectivity index (χ2n) is 6.06. The highest BCUT2D eigenvalue weighted by atomic mass is 32.2. The molecule has 1 aliphatic rings. The van der Waals surface area contributed by atoms with Crippen molar-refractivity contribution in [2.45, 2.75) is 30.8 Å². The van der Waals surface area contributed by atoms with Gasteiger partial charge in [0.25, 0.3) is 0 Å². The number of sulfonamides is 1. The average molecular weight is 359 g/mol. The predicted octanol–water partition coefficient (Wildman–Crippen LogP) is 3.00. The van der Waals surface area contributed by atoms with Crippen LogP contribution in [0.2, 0.25) is 0 Å². The van der Waals surface area contributed by atoms with Crippen molar-refractivity contribution in [1.29, 1.82) is 0 Å². The van der Waals surface area contributed by atoms with E-state index in [0.717, 1.165) is 5.56 Å². The average Bonchev–Trinajstić information content (AvgIpc) is 2.61. The molecule has 1 heterocycles. The monoisotopic (exact) mass is 359 g/mol. The summed E-state index contributed by atoms with van der Waals surface area (Å²) in [5.41, 5.74) is 0.870. The first-order valence-electron chi connectivity index (χ1n) is 8.28. The van der Waals surface area contributed by atoms with Crippen molar-refractivity contribution in [2.75, 3.05) is 6.61 Å². The van der Waals surface area contributed by atoms with Gasteiger partial charge in [0.15, 0.2) is 0 Å². The number of carbonyl (C=O) groups is 1. The molecule has 0 aromatic heterocycles. The molecule has 1 fully saturated rings. The van der Waals surface area contributed by atoms with Crippen molar-refractivity contribution < 1.29 is 17.9 Å². The Kier molecular flexibility index (Phi) is 4.92. The molecule has 2 aromatic carbocycles. The first-order valence-corrected chi connectivity index (χ1v) is 9.72. The van der Waals surface area contributed by atoms with Gasteiger partial charge in [-0.25, -0.2) is 8.42 Å². The van der Waals surface area contributed by atoms with Crippen molar-refractivity contribution in [3.63, 3.8) is 0 Å². The molecule has 0 aliphatic carbocycles. The fourth-order valence-corrected chi connectivity index (χ4v) is 5.30. The molecule has 25 heavy (non-hydrogen) atoms. The minimum Gasteiger partial charge on any atom is -0.465 e. The minimum atomic E-state index is -3.81. The van der Waals surface area contributed by atoms with Crippen LogP contribution >= 0.6 is 0 Å². The van der Waals surface area contributed by atoms with Crippen LogP contribution in [-0.4, -0.2) is 31.3 Å². The van der Waals surface area contributed by atoms with E-state index in [4.69, 9.17) is 4.74 Å². The molecule has 3 rings (SSSR count). The quantitative estimate of drug-likeness (QED) is 0.770. The minimum absolute atomic E-state index is 0.167. The number of carbonyl (C=O) groups excluding carboxylic acids is 1. The third-order valence-corrected chi connectivity index (χ3v) is 6.41. The number of hydrogen-bond acceptors (Lipinski definition) is 4. The van der Waals surface area contributed by atoms with Gasteiger partial charge in [-0.3, -0.25) is 4.79 Å². The number of benzene rings is 2. The number of hydrogen-bond donors (Lipinski definition) is 0. The van der Waals surface area contributed by atoms with Gasteiger partial charge < -0.3 is 4.74 Å². The molecule has 0 amide bonds. The number of nitrogens with zero attached hydrogens (tertiary/aromatic N) is 1. The van der Waals surface area contributed by atoms with Crippen LogP contribution in [-0.2, 0) is 19.6 Å². The molecule has 0 radical (unpaired) electrons. The van der Waals surface area contributed by atoms with E-state index in [0.29, 0.717) is 0 Å². The van der Waals surface area contributed by atoms with Crippen molar-refractivity contribution in [3.05, 3.63) is 66.2 Å². The van der Waals surface area contributed by atoms with Gasteiger partial charge in [0.05, 0.1) is 17.5 Å². The Morgan fingerprint density at radius 1 is 1.04 bits per heavy atom. The van der Waals surface area contributed by atoms with E-state index in [-0.39, 0.29) is 23.5 Å². The molecule has 3 atom stereocenters. The number of rotatable bonds is 5. The summed E-state index contributed by atoms with van der Waals surface area (Å²) in [6, 6.07) is 16.4. The predicted molar refractivity (Wildman–Crippen MR) is 94.2 cm³/mol. The summed E-state index contributed by atoms with van der Waals surface area (Å²) in [6.07, 6.45) is 0. The van der Waals surface area contributed by atoms with Gasteiger partial charge in [-0.05, 0) is 24.6 Å². The van der Waals surface area contributed by atoms with Crippen molar-refractivity contribution in [2.24, 2.45) is 5.92 Å². The normalized spacial score (nSPS) is 23.7. The summed E-state index contributed by atoms with van der Waals surface area (Å²) in [6.45, 7) is 3.82. The molecule has 0 spiro atoms. The lowest BCUT2D eigenvalue weighted by molar-refractivity contribution is -0.158. The molecule has 0 saturated carbocycles. The summed E-state index contributed by atoms with van der Waals surface area (Å²) in [5, 5.41) is 0. The standard InChI is InChI=1S/C19H21NO4S/c1-3-24-19(21)18-14(2)17(15-10-6-4-7-11-15)20(18)25(22,23)16-12-8-5-9-13-16/h4-14,17-18H,3H2,1-2H3/t14-,17-,18-/m1/s1. The van der Waals surface area contributed by atoms with Gasteiger partial charge in [0.2, 0.25) is 10.0 Å². The van der Waals surface area contributed by atoms with Crippen molar-refractivity contribution in [3.8, 4) is 0 Å². The van der Waals surface area contributed by atoms with Gasteiger partial charge in [0.1, 0.15) is 6.04 Å². The maximum Gasteiger partial charge on any atom is 0.324 e. The summed E-state index contributed by atoms with van der Waals surface area (Å²) >= 11 is 0. The molecule has 5 nitrogen and oxygen atoms in total. The Morgan fingerprint density at radius 2 is 1.60 bits per heavy atom. The molecular formula is C19H21NO4S. The van der Waals surface area contributed by atoms with Gasteiger partial charge >= 0.3 is 5.97 Å². The summed E-state index contributed by atoms with van der Waals surface area (Å²) in [7, 11) is -3.81. The van der Waals surface area contributed by atoms with E-state index in [1.807, 2.05) is 37.3 Å². The molecule has 1 aliphatic heterocycles. The molecule has 0 unspecified atom stereocenters. The molecule has 0 N–H and O–H groups in total. The molecule has 6 heteroatoms. The Morgan fingerprint density at radius 3 is 2.16 bits per heavy atom. The zero-order valence-electron chi connectivity index (χ0n) is 14.2. The second-order valence-corrected chi connectivity index (χ2v) is 7.90. The molecule has 2 aromatic rings. The zero-order chi connectivity index (χ0) is 18.0. The summed E-state index contributed by atoms with van der Waals surface area (Å²) in [5.74, 6) is -0.665. The maximum absolute atomic E-state index is 13.2. The van der Waals surface area contributed by atoms with Crippen LogP contribution < -0.4 is 0 Å². The smallest absolute Gasteiger partial charge is 0.324 e. The van der Waals surface area contributed by atoms with E-state index >= 15 is 0 Å². The summed E-state index contributed by atoms with van der Waals surface area (Å²) in [4.78, 5) is 12.6. The van der Waals surface area contributed by atoms with Crippen LogP contribution in [0.4, 0.5) is 0 Å². The lowest BCUT2D eigenvalue weighted by Crippen LogP contribution is -2.63. The number of esters is 1. The Bertz CT molecular complexity index is 836. The van der Waals surface area contributed by atoms with Crippen molar-refractivity contribution in [1.82, 2.24) is 4.31 Å². The van der Waals surface area contributed by atoms with Crippen LogP contribution in [0.3, 0.4) is 0 Å². The highest BCUT2D eigenvalue weighted by Gasteiger charge is 2.56. The molecule has 0 bridgehead atoms. The van der Waals surface area contributed by atoms with Gasteiger partial charge in [-0.2, -0.15) is 4.31 Å². The topological polar surface area (TPSA) is 63.7 Å². The van der Waals surface area contributed by atoms with Crippen molar-refractivity contribution >= 4 is 16.0 Å². The Balaban J connectivity index is 2.04. The van der Waals surface area contributed by atoms with Crippen LogP contribution in [0.25, 0.3) is 0 Å². The zero-order valence-corrected chi connectivity index (χ0v) is 15.0. The van der Waals surface area contributed by atoms with Crippen LogP contribution in [0, 0.1) is 5.92 Å². The van der Waals surface area contributed by atoms with Crippen LogP contribution in [0.5, 0.6) is 0 Å². The van der Waals surface area contributed by atoms with Gasteiger partial charge in [0, 0.05) is 5.92 Å². The number of ether oxygens (including phenoxy) is 1. The van der Waals surface area contributed by atoms with Gasteiger partial charge in [-0.1, -0.05) is 55.5 Å². The maximum atomic E-state index is 13.2. The Labute approximate surface area is 148 Å². The van der Waals surface area contributed by atoms with Gasteiger partial charge in [-0.15, -0.1) is 0 Å². The van der Waals surface area contributed by atoms with E-state index < -0.39 is 22.0 Å². The first-order chi connectivity index (χ1) is 12.0. The van der Waals surface area contributed by atoms with Crippen LogP contribution in [0.15, 0.2) is 65.6 Å². The fraction of sp³-hybridized carbons (Fsp3) is 0.316. The first kappa shape index (κ1) is 17.6. The summed E-state index contributed by atoms with van der Waals surface area (Å²) < 4.78 is 32.8. The molecule has 132 valence electrons. The second kappa shape index (κ2) is 6.98.